The molecule has 0 radical (unpaired) electrons. The Kier molecular flexibility index (Phi) is 6.87. The molecule has 0 bridgehead atoms. The number of hydrogen-bond donors (Lipinski definition) is 2. The fourth-order valence-corrected chi connectivity index (χ4v) is 3.50. The summed E-state index contributed by atoms with van der Waals surface area (Å²) < 4.78 is 16.0. The van der Waals surface area contributed by atoms with Gasteiger partial charge in [-0.15, -0.1) is 0 Å². The lowest BCUT2D eigenvalue weighted by Crippen LogP contribution is -2.48. The Bertz CT molecular complexity index is 884. The van der Waals surface area contributed by atoms with Crippen molar-refractivity contribution in [2.45, 2.75) is 57.8 Å². The van der Waals surface area contributed by atoms with Gasteiger partial charge in [0.25, 0.3) is 5.91 Å². The van der Waals surface area contributed by atoms with Gasteiger partial charge >= 0.3 is 12.0 Å². The van der Waals surface area contributed by atoms with Crippen molar-refractivity contribution in [1.29, 1.82) is 0 Å². The van der Waals surface area contributed by atoms with Gasteiger partial charge in [-0.1, -0.05) is 37.5 Å². The van der Waals surface area contributed by atoms with E-state index in [1.54, 1.807) is 12.1 Å². The number of imide groups is 1. The third-order valence-electron chi connectivity index (χ3n) is 5.00. The number of nitrogens with one attached hydrogen (secondary N) is 2. The minimum atomic E-state index is -1.16. The summed E-state index contributed by atoms with van der Waals surface area (Å²) in [6, 6.07) is 6.66. The third kappa shape index (κ3) is 5.14. The summed E-state index contributed by atoms with van der Waals surface area (Å²) in [5.41, 5.74) is 1.08. The molecule has 8 heteroatoms. The summed E-state index contributed by atoms with van der Waals surface area (Å²) in [6.45, 7) is 1.56. The number of furan rings is 1. The van der Waals surface area contributed by atoms with Crippen molar-refractivity contribution in [3.63, 3.8) is 0 Å². The quantitative estimate of drug-likeness (QED) is 0.718. The van der Waals surface area contributed by atoms with E-state index in [-0.39, 0.29) is 18.4 Å². The number of fused-ring (bicyclic) bond motifs is 1. The van der Waals surface area contributed by atoms with E-state index >= 15 is 0 Å². The Morgan fingerprint density at radius 1 is 1.17 bits per heavy atom. The molecule has 8 nitrogen and oxygen atoms in total. The van der Waals surface area contributed by atoms with Crippen LogP contribution in [-0.2, 0) is 20.9 Å². The van der Waals surface area contributed by atoms with Crippen LogP contribution in [0.2, 0.25) is 0 Å². The maximum absolute atomic E-state index is 12.6. The molecule has 3 amide bonds. The minimum Gasteiger partial charge on any atom is -0.449 e. The number of amides is 3. The van der Waals surface area contributed by atoms with Gasteiger partial charge in [-0.05, 0) is 25.8 Å². The molecule has 1 saturated carbocycles. The van der Waals surface area contributed by atoms with Crippen LogP contribution < -0.4 is 10.6 Å². The van der Waals surface area contributed by atoms with Crippen molar-refractivity contribution in [2.75, 3.05) is 7.11 Å². The first-order chi connectivity index (χ1) is 14.0. The van der Waals surface area contributed by atoms with Crippen LogP contribution in [0.25, 0.3) is 11.0 Å². The van der Waals surface area contributed by atoms with E-state index < -0.39 is 24.0 Å². The van der Waals surface area contributed by atoms with E-state index in [1.165, 1.54) is 20.5 Å². The topological polar surface area (TPSA) is 107 Å². The Balaban J connectivity index is 1.61. The minimum absolute atomic E-state index is 0.0145. The molecule has 2 N–H and O–H groups in total. The van der Waals surface area contributed by atoms with Crippen molar-refractivity contribution in [3.05, 3.63) is 35.6 Å². The summed E-state index contributed by atoms with van der Waals surface area (Å²) in [6.07, 6.45) is 3.94. The first-order valence-electron chi connectivity index (χ1n) is 9.81. The summed E-state index contributed by atoms with van der Waals surface area (Å²) in [7, 11) is 1.51. The molecule has 1 aromatic carbocycles. The second-order valence-corrected chi connectivity index (χ2v) is 7.18. The lowest BCUT2D eigenvalue weighted by atomic mass is 9.96. The van der Waals surface area contributed by atoms with E-state index in [0.717, 1.165) is 31.1 Å². The van der Waals surface area contributed by atoms with Crippen LogP contribution in [0.4, 0.5) is 4.79 Å². The van der Waals surface area contributed by atoms with Gasteiger partial charge in [0.2, 0.25) is 5.76 Å². The molecule has 1 fully saturated rings. The van der Waals surface area contributed by atoms with E-state index in [9.17, 15) is 14.4 Å². The number of carbonyl (C=O) groups is 3. The Morgan fingerprint density at radius 2 is 1.90 bits per heavy atom. The molecule has 0 spiro atoms. The molecule has 0 saturated heterocycles. The number of ether oxygens (including phenoxy) is 2. The third-order valence-corrected chi connectivity index (χ3v) is 5.00. The number of rotatable bonds is 6. The molecule has 1 aliphatic rings. The van der Waals surface area contributed by atoms with Crippen LogP contribution in [-0.4, -0.2) is 37.2 Å². The van der Waals surface area contributed by atoms with Gasteiger partial charge in [-0.25, -0.2) is 9.59 Å². The maximum atomic E-state index is 12.6. The highest BCUT2D eigenvalue weighted by Crippen LogP contribution is 2.27. The van der Waals surface area contributed by atoms with Gasteiger partial charge in [0.15, 0.2) is 6.10 Å². The van der Waals surface area contributed by atoms with Crippen LogP contribution in [0, 0.1) is 0 Å². The fourth-order valence-electron chi connectivity index (χ4n) is 3.50. The van der Waals surface area contributed by atoms with Crippen LogP contribution in [0.15, 0.2) is 28.7 Å². The van der Waals surface area contributed by atoms with Gasteiger partial charge in [-0.3, -0.25) is 10.1 Å². The lowest BCUT2D eigenvalue weighted by Gasteiger charge is -2.23. The van der Waals surface area contributed by atoms with Gasteiger partial charge in [0, 0.05) is 24.1 Å². The number of para-hydroxylation sites is 1. The normalized spacial score (nSPS) is 15.7. The van der Waals surface area contributed by atoms with Crippen LogP contribution >= 0.6 is 0 Å². The van der Waals surface area contributed by atoms with Crippen LogP contribution in [0.5, 0.6) is 0 Å². The smallest absolute Gasteiger partial charge is 0.375 e. The summed E-state index contributed by atoms with van der Waals surface area (Å²) >= 11 is 0. The predicted molar refractivity (Wildman–Crippen MR) is 105 cm³/mol. The molecule has 156 valence electrons. The molecule has 1 heterocycles. The van der Waals surface area contributed by atoms with E-state index in [2.05, 4.69) is 10.6 Å². The zero-order valence-electron chi connectivity index (χ0n) is 16.7. The second kappa shape index (κ2) is 9.56. The molecular formula is C21H26N2O6. The molecule has 1 atom stereocenters. The fraction of sp³-hybridized carbons (Fsp3) is 0.476. The largest absolute Gasteiger partial charge is 0.449 e. The molecule has 0 aliphatic heterocycles. The van der Waals surface area contributed by atoms with E-state index in [0.29, 0.717) is 11.1 Å². The van der Waals surface area contributed by atoms with Gasteiger partial charge in [-0.2, -0.15) is 0 Å². The number of carbonyl (C=O) groups excluding carboxylic acids is 3. The molecular weight excluding hydrogens is 376 g/mol. The average molecular weight is 402 g/mol. The number of benzene rings is 1. The predicted octanol–water partition coefficient (Wildman–Crippen LogP) is 3.28. The van der Waals surface area contributed by atoms with Gasteiger partial charge in [0.05, 0.1) is 6.61 Å². The second-order valence-electron chi connectivity index (χ2n) is 7.18. The maximum Gasteiger partial charge on any atom is 0.375 e. The van der Waals surface area contributed by atoms with Crippen molar-refractivity contribution in [3.8, 4) is 0 Å². The summed E-state index contributed by atoms with van der Waals surface area (Å²) in [5, 5.41) is 5.76. The number of esters is 1. The van der Waals surface area contributed by atoms with Crippen molar-refractivity contribution in [1.82, 2.24) is 10.6 Å². The highest BCUT2D eigenvalue weighted by atomic mass is 16.6. The van der Waals surface area contributed by atoms with Crippen molar-refractivity contribution < 1.29 is 28.3 Å². The zero-order chi connectivity index (χ0) is 20.8. The van der Waals surface area contributed by atoms with Gasteiger partial charge in [0.1, 0.15) is 5.58 Å². The van der Waals surface area contributed by atoms with Crippen LogP contribution in [0.1, 0.15) is 55.1 Å². The SMILES string of the molecule is COCc1c(C(=O)O[C@H](C)C(=O)NC(=O)NC2CCCCC2)oc2ccccc12. The highest BCUT2D eigenvalue weighted by Gasteiger charge is 2.27. The van der Waals surface area contributed by atoms with E-state index in [4.69, 9.17) is 13.9 Å². The number of methoxy groups -OCH3 is 1. The number of hydrogen-bond acceptors (Lipinski definition) is 6. The van der Waals surface area contributed by atoms with Crippen molar-refractivity contribution >= 4 is 28.9 Å². The summed E-state index contributed by atoms with van der Waals surface area (Å²) in [4.78, 5) is 36.8. The zero-order valence-corrected chi connectivity index (χ0v) is 16.7. The van der Waals surface area contributed by atoms with Gasteiger partial charge < -0.3 is 19.2 Å². The van der Waals surface area contributed by atoms with Crippen molar-refractivity contribution in [2.24, 2.45) is 0 Å². The Labute approximate surface area is 168 Å². The molecule has 2 aromatic rings. The molecule has 0 unspecified atom stereocenters. The molecule has 1 aliphatic carbocycles. The first kappa shape index (κ1) is 20.9. The molecule has 29 heavy (non-hydrogen) atoms. The van der Waals surface area contributed by atoms with Crippen LogP contribution in [0.3, 0.4) is 0 Å². The van der Waals surface area contributed by atoms with E-state index in [1.807, 2.05) is 12.1 Å². The Hall–Kier alpha value is -2.87. The monoisotopic (exact) mass is 402 g/mol. The average Bonchev–Trinajstić information content (AvgIpc) is 3.07. The summed E-state index contributed by atoms with van der Waals surface area (Å²) in [5.74, 6) is -1.50. The number of urea groups is 1. The molecule has 1 aromatic heterocycles. The first-order valence-corrected chi connectivity index (χ1v) is 9.81. The molecule has 3 rings (SSSR count). The highest BCUT2D eigenvalue weighted by molar-refractivity contribution is 6.00. The lowest BCUT2D eigenvalue weighted by molar-refractivity contribution is -0.128. The standard InChI is InChI=1S/C21H26N2O6/c1-13(19(24)23-21(26)22-14-8-4-3-5-9-14)28-20(25)18-16(12-27-2)15-10-6-7-11-17(15)29-18/h6-7,10-11,13-14H,3-5,8-9,12H2,1-2H3,(H2,22,23,24,26)/t13-/m1/s1. The Morgan fingerprint density at radius 3 is 2.62 bits per heavy atom.